The quantitative estimate of drug-likeness (QED) is 0.752. The molecule has 4 nitrogen and oxygen atoms in total. The SMILES string of the molecule is CC(CC(O)c1cccs1)NC(=O)NC(C)C(C)C. The van der Waals surface area contributed by atoms with Crippen molar-refractivity contribution in [1.82, 2.24) is 10.6 Å². The molecule has 108 valence electrons. The molecule has 1 heterocycles. The summed E-state index contributed by atoms with van der Waals surface area (Å²) in [6, 6.07) is 3.71. The molecule has 1 aromatic heterocycles. The van der Waals surface area contributed by atoms with Gasteiger partial charge < -0.3 is 15.7 Å². The number of amides is 2. The van der Waals surface area contributed by atoms with Gasteiger partial charge in [0.25, 0.3) is 0 Å². The van der Waals surface area contributed by atoms with Gasteiger partial charge in [0, 0.05) is 17.0 Å². The molecule has 3 atom stereocenters. The minimum absolute atomic E-state index is 0.0727. The second kappa shape index (κ2) is 7.50. The minimum Gasteiger partial charge on any atom is -0.387 e. The molecule has 0 radical (unpaired) electrons. The Bertz CT molecular complexity index is 379. The number of thiophene rings is 1. The van der Waals surface area contributed by atoms with Crippen molar-refractivity contribution in [3.63, 3.8) is 0 Å². The number of hydrogen-bond acceptors (Lipinski definition) is 3. The van der Waals surface area contributed by atoms with Gasteiger partial charge in [-0.25, -0.2) is 4.79 Å². The second-order valence-electron chi connectivity index (χ2n) is 5.32. The van der Waals surface area contributed by atoms with E-state index >= 15 is 0 Å². The zero-order valence-electron chi connectivity index (χ0n) is 12.0. The fourth-order valence-corrected chi connectivity index (χ4v) is 2.35. The standard InChI is InChI=1S/C14H24N2O2S/c1-9(2)11(4)16-14(18)15-10(3)8-12(17)13-6-5-7-19-13/h5-7,9-12,17H,8H2,1-4H3,(H2,15,16,18). The van der Waals surface area contributed by atoms with E-state index in [9.17, 15) is 9.90 Å². The van der Waals surface area contributed by atoms with Crippen molar-refractivity contribution in [2.24, 2.45) is 5.92 Å². The Kier molecular flexibility index (Phi) is 6.31. The van der Waals surface area contributed by atoms with Crippen LogP contribution in [0.3, 0.4) is 0 Å². The maximum Gasteiger partial charge on any atom is 0.315 e. The summed E-state index contributed by atoms with van der Waals surface area (Å²) in [6.45, 7) is 8.01. The lowest BCUT2D eigenvalue weighted by molar-refractivity contribution is 0.157. The number of urea groups is 1. The first kappa shape index (κ1) is 16.0. The van der Waals surface area contributed by atoms with E-state index < -0.39 is 6.10 Å². The van der Waals surface area contributed by atoms with E-state index in [1.165, 1.54) is 11.3 Å². The molecule has 0 saturated heterocycles. The number of aliphatic hydroxyl groups is 1. The highest BCUT2D eigenvalue weighted by molar-refractivity contribution is 7.10. The molecule has 0 aliphatic heterocycles. The zero-order chi connectivity index (χ0) is 14.4. The molecule has 0 aromatic carbocycles. The molecule has 2 amide bonds. The summed E-state index contributed by atoms with van der Waals surface area (Å²) in [5.74, 6) is 0.401. The highest BCUT2D eigenvalue weighted by Gasteiger charge is 2.16. The summed E-state index contributed by atoms with van der Waals surface area (Å²) in [5.41, 5.74) is 0. The van der Waals surface area contributed by atoms with Crippen molar-refractivity contribution in [2.75, 3.05) is 0 Å². The first-order chi connectivity index (χ1) is 8.90. The van der Waals surface area contributed by atoms with Crippen LogP contribution in [-0.4, -0.2) is 23.2 Å². The lowest BCUT2D eigenvalue weighted by Gasteiger charge is -2.21. The molecule has 19 heavy (non-hydrogen) atoms. The Labute approximate surface area is 119 Å². The van der Waals surface area contributed by atoms with Gasteiger partial charge in [-0.2, -0.15) is 0 Å². The fraction of sp³-hybridized carbons (Fsp3) is 0.643. The van der Waals surface area contributed by atoms with Gasteiger partial charge in [-0.05, 0) is 37.6 Å². The van der Waals surface area contributed by atoms with Crippen LogP contribution in [0, 0.1) is 5.92 Å². The van der Waals surface area contributed by atoms with Gasteiger partial charge in [-0.1, -0.05) is 19.9 Å². The van der Waals surface area contributed by atoms with Crippen LogP contribution in [0.1, 0.15) is 45.1 Å². The number of hydrogen-bond donors (Lipinski definition) is 3. The van der Waals surface area contributed by atoms with E-state index in [2.05, 4.69) is 24.5 Å². The van der Waals surface area contributed by atoms with Gasteiger partial charge >= 0.3 is 6.03 Å². The lowest BCUT2D eigenvalue weighted by Crippen LogP contribution is -2.46. The molecule has 0 aliphatic rings. The molecule has 3 N–H and O–H groups in total. The van der Waals surface area contributed by atoms with E-state index in [1.807, 2.05) is 31.4 Å². The molecule has 5 heteroatoms. The predicted molar refractivity (Wildman–Crippen MR) is 79.3 cm³/mol. The molecule has 0 aliphatic carbocycles. The fourth-order valence-electron chi connectivity index (χ4n) is 1.63. The van der Waals surface area contributed by atoms with Crippen molar-refractivity contribution in [1.29, 1.82) is 0 Å². The molecule has 1 aromatic rings. The van der Waals surface area contributed by atoms with Crippen LogP contribution in [0.15, 0.2) is 17.5 Å². The Morgan fingerprint density at radius 2 is 2.00 bits per heavy atom. The summed E-state index contributed by atoms with van der Waals surface area (Å²) >= 11 is 1.53. The van der Waals surface area contributed by atoms with Crippen LogP contribution in [0.25, 0.3) is 0 Å². The second-order valence-corrected chi connectivity index (χ2v) is 6.30. The minimum atomic E-state index is -0.516. The largest absolute Gasteiger partial charge is 0.387 e. The van der Waals surface area contributed by atoms with Crippen LogP contribution in [0.5, 0.6) is 0 Å². The average molecular weight is 284 g/mol. The van der Waals surface area contributed by atoms with Crippen LogP contribution in [-0.2, 0) is 0 Å². The van der Waals surface area contributed by atoms with Crippen LogP contribution >= 0.6 is 11.3 Å². The van der Waals surface area contributed by atoms with Crippen LogP contribution in [0.4, 0.5) is 4.79 Å². The van der Waals surface area contributed by atoms with E-state index in [0.717, 1.165) is 4.88 Å². The number of nitrogens with one attached hydrogen (secondary N) is 2. The third-order valence-corrected chi connectivity index (χ3v) is 4.16. The van der Waals surface area contributed by atoms with Crippen LogP contribution in [0.2, 0.25) is 0 Å². The van der Waals surface area contributed by atoms with Gasteiger partial charge in [0.15, 0.2) is 0 Å². The smallest absolute Gasteiger partial charge is 0.315 e. The third kappa shape index (κ3) is 5.61. The van der Waals surface area contributed by atoms with Gasteiger partial charge in [0.1, 0.15) is 0 Å². The zero-order valence-corrected chi connectivity index (χ0v) is 12.8. The first-order valence-corrected chi connectivity index (χ1v) is 7.56. The van der Waals surface area contributed by atoms with Crippen molar-refractivity contribution in [3.8, 4) is 0 Å². The summed E-state index contributed by atoms with van der Waals surface area (Å²) in [4.78, 5) is 12.7. The van der Waals surface area contributed by atoms with Crippen molar-refractivity contribution >= 4 is 17.4 Å². The molecule has 0 bridgehead atoms. The lowest BCUT2D eigenvalue weighted by atomic mass is 10.1. The summed E-state index contributed by atoms with van der Waals surface area (Å²) < 4.78 is 0. The van der Waals surface area contributed by atoms with Gasteiger partial charge in [-0.3, -0.25) is 0 Å². The summed E-state index contributed by atoms with van der Waals surface area (Å²) in [6.07, 6.45) is 0.00194. The topological polar surface area (TPSA) is 61.4 Å². The first-order valence-electron chi connectivity index (χ1n) is 6.68. The monoisotopic (exact) mass is 284 g/mol. The summed E-state index contributed by atoms with van der Waals surface area (Å²) in [5, 5.41) is 17.7. The van der Waals surface area contributed by atoms with Crippen LogP contribution < -0.4 is 10.6 Å². The summed E-state index contributed by atoms with van der Waals surface area (Å²) in [7, 11) is 0. The highest BCUT2D eigenvalue weighted by atomic mass is 32.1. The Hall–Kier alpha value is -1.07. The van der Waals surface area contributed by atoms with E-state index in [0.29, 0.717) is 12.3 Å². The molecular weight excluding hydrogens is 260 g/mol. The Balaban J connectivity index is 2.34. The normalized spacial score (nSPS) is 15.9. The van der Waals surface area contributed by atoms with Gasteiger partial charge in [0.05, 0.1) is 6.10 Å². The third-order valence-electron chi connectivity index (χ3n) is 3.18. The van der Waals surface area contributed by atoms with Crippen molar-refractivity contribution in [2.45, 2.75) is 52.3 Å². The van der Waals surface area contributed by atoms with Crippen molar-refractivity contribution < 1.29 is 9.90 Å². The number of rotatable bonds is 6. The molecule has 0 fully saturated rings. The number of carbonyl (C=O) groups is 1. The molecule has 0 saturated carbocycles. The van der Waals surface area contributed by atoms with Gasteiger partial charge in [0.2, 0.25) is 0 Å². The maximum atomic E-state index is 11.7. The van der Waals surface area contributed by atoms with E-state index in [1.54, 1.807) is 0 Å². The highest BCUT2D eigenvalue weighted by Crippen LogP contribution is 2.22. The molecule has 0 spiro atoms. The molecule has 1 rings (SSSR count). The number of aliphatic hydroxyl groups excluding tert-OH is 1. The Morgan fingerprint density at radius 1 is 1.32 bits per heavy atom. The molecular formula is C14H24N2O2S. The average Bonchev–Trinajstić information content (AvgIpc) is 2.81. The van der Waals surface area contributed by atoms with E-state index in [-0.39, 0.29) is 18.1 Å². The van der Waals surface area contributed by atoms with E-state index in [4.69, 9.17) is 0 Å². The van der Waals surface area contributed by atoms with Crippen molar-refractivity contribution in [3.05, 3.63) is 22.4 Å². The number of carbonyl (C=O) groups excluding carboxylic acids is 1. The Morgan fingerprint density at radius 3 is 2.53 bits per heavy atom. The molecule has 3 unspecified atom stereocenters. The van der Waals surface area contributed by atoms with Gasteiger partial charge in [-0.15, -0.1) is 11.3 Å². The maximum absolute atomic E-state index is 11.7. The predicted octanol–water partition coefficient (Wildman–Crippen LogP) is 2.90.